The van der Waals surface area contributed by atoms with Crippen LogP contribution < -0.4 is 47.4 Å². The topological polar surface area (TPSA) is 161 Å². The predicted molar refractivity (Wildman–Crippen MR) is 174 cm³/mol. The van der Waals surface area contributed by atoms with Crippen molar-refractivity contribution in [1.29, 1.82) is 0 Å². The molecule has 4 aromatic rings. The van der Waals surface area contributed by atoms with E-state index < -0.39 is 23.1 Å². The molecular weight excluding hydrogens is 656 g/mol. The van der Waals surface area contributed by atoms with E-state index in [1.165, 1.54) is 91.2 Å². The minimum absolute atomic E-state index is 0.0201. The van der Waals surface area contributed by atoms with E-state index in [0.717, 1.165) is 0 Å². The highest BCUT2D eigenvalue weighted by Crippen LogP contribution is 2.53. The van der Waals surface area contributed by atoms with Gasteiger partial charge in [-0.3, -0.25) is 19.2 Å². The number of carbonyl (C=O) groups excluding carboxylic acids is 4. The monoisotopic (exact) mass is 686 g/mol. The molecule has 2 heterocycles. The normalized spacial score (nSPS) is 12.2. The van der Waals surface area contributed by atoms with Gasteiger partial charge in [-0.2, -0.15) is 0 Å². The summed E-state index contributed by atoms with van der Waals surface area (Å²) in [5, 5.41) is 0. The van der Waals surface area contributed by atoms with Crippen molar-refractivity contribution in [2.24, 2.45) is 0 Å². The van der Waals surface area contributed by atoms with Crippen molar-refractivity contribution in [3.05, 3.63) is 70.8 Å². The first kappa shape index (κ1) is 33.5. The number of hydrogen-bond donors (Lipinski definition) is 0. The summed E-state index contributed by atoms with van der Waals surface area (Å²) in [5.41, 5.74) is -0.0934. The van der Waals surface area contributed by atoms with Crippen molar-refractivity contribution in [3.63, 3.8) is 0 Å². The molecule has 2 aliphatic rings. The van der Waals surface area contributed by atoms with E-state index in [1.54, 1.807) is 0 Å². The van der Waals surface area contributed by atoms with Crippen LogP contribution in [-0.2, 0) is 0 Å². The Hall–Kier alpha value is -6.44. The fraction of sp³-hybridized carbons (Fsp3) is 0.222. The van der Waals surface area contributed by atoms with E-state index in [2.05, 4.69) is 0 Å². The molecule has 50 heavy (non-hydrogen) atoms. The Kier molecular flexibility index (Phi) is 9.09. The van der Waals surface area contributed by atoms with Gasteiger partial charge in [0.1, 0.15) is 0 Å². The number of benzene rings is 4. The summed E-state index contributed by atoms with van der Waals surface area (Å²) in [6, 6.07) is 11.4. The Bertz CT molecular complexity index is 1920. The Morgan fingerprint density at radius 3 is 1.10 bits per heavy atom. The SMILES string of the molecule is COc1c(C(=O)C(=O)c2ccc3c(c2)OCO3)cc(-c2cc(C(=O)C(=O)c3ccc4c(c3)OCO4)c(OC)c(OC)c2OC)c(OC)c1OC. The fourth-order valence-corrected chi connectivity index (χ4v) is 5.75. The number of rotatable bonds is 13. The predicted octanol–water partition coefficient (Wildman–Crippen LogP) is 4.99. The van der Waals surface area contributed by atoms with E-state index in [9.17, 15) is 19.2 Å². The van der Waals surface area contributed by atoms with Gasteiger partial charge in [0, 0.05) is 22.3 Å². The molecule has 0 bridgehead atoms. The lowest BCUT2D eigenvalue weighted by Crippen LogP contribution is -2.17. The summed E-state index contributed by atoms with van der Waals surface area (Å²) in [5.74, 6) is -2.40. The van der Waals surface area contributed by atoms with Gasteiger partial charge in [-0.25, -0.2) is 0 Å². The lowest BCUT2D eigenvalue weighted by atomic mass is 9.91. The summed E-state index contributed by atoms with van der Waals surface area (Å²) in [6.45, 7) is -0.0402. The number of Topliss-reactive ketones (excluding diaryl/α,β-unsaturated/α-hetero) is 4. The minimum Gasteiger partial charge on any atom is -0.492 e. The zero-order chi connectivity index (χ0) is 35.7. The molecule has 2 aliphatic heterocycles. The maximum absolute atomic E-state index is 14.0. The van der Waals surface area contributed by atoms with Crippen LogP contribution in [0.5, 0.6) is 57.5 Å². The summed E-state index contributed by atoms with van der Waals surface area (Å²) < 4.78 is 55.4. The van der Waals surface area contributed by atoms with Crippen molar-refractivity contribution in [2.45, 2.75) is 0 Å². The first-order valence-electron chi connectivity index (χ1n) is 14.8. The van der Waals surface area contributed by atoms with Crippen LogP contribution in [-0.4, -0.2) is 79.4 Å². The van der Waals surface area contributed by atoms with Crippen LogP contribution in [0.25, 0.3) is 11.1 Å². The molecule has 0 radical (unpaired) electrons. The Labute approximate surface area is 285 Å². The molecule has 6 rings (SSSR count). The van der Waals surface area contributed by atoms with Gasteiger partial charge < -0.3 is 47.4 Å². The van der Waals surface area contributed by atoms with Gasteiger partial charge in [0.05, 0.1) is 53.8 Å². The summed E-state index contributed by atoms with van der Waals surface area (Å²) >= 11 is 0. The molecule has 0 unspecified atom stereocenters. The van der Waals surface area contributed by atoms with Crippen LogP contribution in [0.3, 0.4) is 0 Å². The van der Waals surface area contributed by atoms with Crippen LogP contribution in [0, 0.1) is 0 Å². The second kappa shape index (κ2) is 13.6. The molecule has 0 amide bonds. The Morgan fingerprint density at radius 2 is 0.760 bits per heavy atom. The van der Waals surface area contributed by atoms with Crippen LogP contribution >= 0.6 is 0 Å². The van der Waals surface area contributed by atoms with Gasteiger partial charge in [-0.1, -0.05) is 0 Å². The van der Waals surface area contributed by atoms with Gasteiger partial charge in [0.15, 0.2) is 46.0 Å². The molecule has 0 saturated heterocycles. The van der Waals surface area contributed by atoms with Crippen molar-refractivity contribution in [3.8, 4) is 68.6 Å². The molecule has 0 atom stereocenters. The summed E-state index contributed by atoms with van der Waals surface area (Å²) in [7, 11) is 7.94. The molecule has 14 nitrogen and oxygen atoms in total. The number of hydrogen-bond acceptors (Lipinski definition) is 14. The zero-order valence-corrected chi connectivity index (χ0v) is 27.7. The molecule has 0 aliphatic carbocycles. The number of carbonyl (C=O) groups is 4. The Morgan fingerprint density at radius 1 is 0.420 bits per heavy atom. The molecule has 258 valence electrons. The zero-order valence-electron chi connectivity index (χ0n) is 27.7. The number of ether oxygens (including phenoxy) is 10. The molecule has 0 spiro atoms. The highest BCUT2D eigenvalue weighted by molar-refractivity contribution is 6.50. The minimum atomic E-state index is -0.961. The highest BCUT2D eigenvalue weighted by atomic mass is 16.7. The number of methoxy groups -OCH3 is 6. The third kappa shape index (κ3) is 5.49. The molecule has 0 fully saturated rings. The second-order valence-corrected chi connectivity index (χ2v) is 10.6. The first-order chi connectivity index (χ1) is 24.2. The Balaban J connectivity index is 1.54. The van der Waals surface area contributed by atoms with Crippen molar-refractivity contribution in [1.82, 2.24) is 0 Å². The van der Waals surface area contributed by atoms with Crippen molar-refractivity contribution >= 4 is 23.1 Å². The quantitative estimate of drug-likeness (QED) is 0.137. The van der Waals surface area contributed by atoms with Crippen LogP contribution in [0.4, 0.5) is 0 Å². The third-order valence-electron chi connectivity index (χ3n) is 8.07. The van der Waals surface area contributed by atoms with Crippen LogP contribution in [0.2, 0.25) is 0 Å². The number of ketones is 4. The average Bonchev–Trinajstić information content (AvgIpc) is 3.83. The van der Waals surface area contributed by atoms with Crippen LogP contribution in [0.15, 0.2) is 48.5 Å². The number of fused-ring (bicyclic) bond motifs is 2. The maximum atomic E-state index is 14.0. The van der Waals surface area contributed by atoms with Gasteiger partial charge in [-0.05, 0) is 48.5 Å². The third-order valence-corrected chi connectivity index (χ3v) is 8.07. The standard InChI is InChI=1S/C36H30O14/c1-41-31-19(13-21(33(43-3)35(31)45-5)29(39)27(37)17-7-9-23-25(11-17)49-15-47-23)20-14-22(34(44-4)36(46-6)32(20)42-2)30(40)28(38)18-8-10-24-26(12-18)50-16-48-24/h7-14H,15-16H2,1-6H3. The van der Waals surface area contributed by atoms with E-state index in [-0.39, 0.29) is 81.5 Å². The maximum Gasteiger partial charge on any atom is 0.237 e. The lowest BCUT2D eigenvalue weighted by molar-refractivity contribution is 0.0814. The smallest absolute Gasteiger partial charge is 0.237 e. The second-order valence-electron chi connectivity index (χ2n) is 10.6. The van der Waals surface area contributed by atoms with Gasteiger partial charge in [0.2, 0.25) is 48.2 Å². The van der Waals surface area contributed by atoms with Crippen molar-refractivity contribution in [2.75, 3.05) is 56.2 Å². The first-order valence-corrected chi connectivity index (χ1v) is 14.8. The largest absolute Gasteiger partial charge is 0.492 e. The average molecular weight is 687 g/mol. The molecule has 0 saturated carbocycles. The van der Waals surface area contributed by atoms with Gasteiger partial charge >= 0.3 is 0 Å². The van der Waals surface area contributed by atoms with Crippen LogP contribution in [0.1, 0.15) is 41.4 Å². The van der Waals surface area contributed by atoms with E-state index in [0.29, 0.717) is 23.0 Å². The van der Waals surface area contributed by atoms with Gasteiger partial charge in [0.25, 0.3) is 0 Å². The summed E-state index contributed by atoms with van der Waals surface area (Å²) in [4.78, 5) is 55.2. The van der Waals surface area contributed by atoms with Crippen molar-refractivity contribution < 1.29 is 66.5 Å². The molecule has 0 N–H and O–H groups in total. The lowest BCUT2D eigenvalue weighted by Gasteiger charge is -2.22. The van der Waals surface area contributed by atoms with E-state index >= 15 is 0 Å². The fourth-order valence-electron chi connectivity index (χ4n) is 5.75. The van der Waals surface area contributed by atoms with Gasteiger partial charge in [-0.15, -0.1) is 0 Å². The summed E-state index contributed by atoms with van der Waals surface area (Å²) in [6.07, 6.45) is 0. The molecule has 0 aromatic heterocycles. The van der Waals surface area contributed by atoms with E-state index in [1.807, 2.05) is 0 Å². The van der Waals surface area contributed by atoms with E-state index in [4.69, 9.17) is 47.4 Å². The highest BCUT2D eigenvalue weighted by Gasteiger charge is 2.34. The molecular formula is C36H30O14. The molecule has 14 heteroatoms. The molecule has 4 aromatic carbocycles.